The molecule has 0 radical (unpaired) electrons. The van der Waals surface area contributed by atoms with Crippen molar-refractivity contribution >= 4 is 57.4 Å². The SMILES string of the molecule is CCCC[C@@H](C(=O)N[C@@H](CC(=O)OCc1ccccc1)C(=O)N[C@@H](Cc1ccc2ccccc2c1)C(N)=O)N(C)C(=O)[C@H](Cc1c[nH]c2ccccc12)NC(=O)OC(C)(C)C. The van der Waals surface area contributed by atoms with Gasteiger partial charge in [-0.1, -0.05) is 111 Å². The smallest absolute Gasteiger partial charge is 0.408 e. The third kappa shape index (κ3) is 13.1. The number of nitrogens with zero attached hydrogens (tertiary/aromatic N) is 1. The summed E-state index contributed by atoms with van der Waals surface area (Å²) in [5.74, 6) is -3.76. The Morgan fingerprint density at radius 3 is 2.13 bits per heavy atom. The highest BCUT2D eigenvalue weighted by molar-refractivity contribution is 5.97. The van der Waals surface area contributed by atoms with Gasteiger partial charge in [-0.25, -0.2) is 4.79 Å². The molecule has 1 aromatic heterocycles. The molecule has 0 aliphatic heterocycles. The number of unbranched alkanes of at least 4 members (excludes halogenated alkanes) is 1. The maximum Gasteiger partial charge on any atom is 0.408 e. The van der Waals surface area contributed by atoms with Crippen LogP contribution in [0.2, 0.25) is 0 Å². The number of nitrogens with two attached hydrogens (primary N) is 1. The number of H-pyrrole nitrogens is 1. The van der Waals surface area contributed by atoms with Crippen LogP contribution in [0.4, 0.5) is 4.79 Å². The van der Waals surface area contributed by atoms with Crippen molar-refractivity contribution in [2.75, 3.05) is 7.05 Å². The molecule has 0 saturated carbocycles. The monoisotopic (exact) mass is 832 g/mol. The van der Waals surface area contributed by atoms with Gasteiger partial charge in [0.1, 0.15) is 36.4 Å². The molecule has 4 aromatic carbocycles. The number of hydrogen-bond donors (Lipinski definition) is 5. The summed E-state index contributed by atoms with van der Waals surface area (Å²) in [5, 5.41) is 10.8. The van der Waals surface area contributed by atoms with E-state index in [2.05, 4.69) is 20.9 Å². The Bertz CT molecular complexity index is 2320. The van der Waals surface area contributed by atoms with Crippen LogP contribution in [0.15, 0.2) is 103 Å². The van der Waals surface area contributed by atoms with Crippen LogP contribution < -0.4 is 21.7 Å². The number of carbonyl (C=O) groups is 6. The first-order valence-electron chi connectivity index (χ1n) is 20.5. The number of nitrogens with one attached hydrogen (secondary N) is 4. The fourth-order valence-corrected chi connectivity index (χ4v) is 7.01. The molecule has 1 heterocycles. The zero-order valence-electron chi connectivity index (χ0n) is 35.4. The molecule has 0 bridgehead atoms. The number of benzene rings is 4. The average molecular weight is 833 g/mol. The second-order valence-electron chi connectivity index (χ2n) is 16.1. The van der Waals surface area contributed by atoms with Crippen LogP contribution in [0, 0.1) is 0 Å². The van der Waals surface area contributed by atoms with Gasteiger partial charge in [-0.15, -0.1) is 0 Å². The number of amides is 5. The van der Waals surface area contributed by atoms with E-state index in [1.54, 1.807) is 51.2 Å². The summed E-state index contributed by atoms with van der Waals surface area (Å²) in [7, 11) is 1.46. The Kier molecular flexibility index (Phi) is 15.6. The fourth-order valence-electron chi connectivity index (χ4n) is 7.01. The third-order valence-corrected chi connectivity index (χ3v) is 10.2. The topological polar surface area (TPSA) is 202 Å². The van der Waals surface area contributed by atoms with Gasteiger partial charge in [-0.3, -0.25) is 24.0 Å². The number of esters is 1. The maximum absolute atomic E-state index is 14.5. The van der Waals surface area contributed by atoms with E-state index in [0.29, 0.717) is 18.4 Å². The Morgan fingerprint density at radius 2 is 1.43 bits per heavy atom. The quantitative estimate of drug-likeness (QED) is 0.0662. The zero-order valence-corrected chi connectivity index (χ0v) is 35.4. The van der Waals surface area contributed by atoms with E-state index in [1.807, 2.05) is 79.7 Å². The number of rotatable bonds is 19. The predicted octanol–water partition coefficient (Wildman–Crippen LogP) is 5.61. The second kappa shape index (κ2) is 21.0. The standard InChI is InChI=1S/C47H56N6O8/c1-6-7-21-40(53(5)45(58)39(52-46(59)61-47(2,3)4)26-34-28-49-36-20-14-13-19-35(34)36)44(57)51-38(27-41(54)60-29-30-15-9-8-10-16-30)43(56)50-37(42(48)55)25-31-22-23-32-17-11-12-18-33(32)24-31/h8-20,22-24,28,37-40,49H,6-7,21,25-27,29H2,1-5H3,(H2,48,55)(H,50,56)(H,51,57)(H,52,59)/t37-,38-,39-,40-/m0/s1. The molecule has 4 atom stereocenters. The molecule has 5 amide bonds. The number of hydrogen-bond acceptors (Lipinski definition) is 8. The molecule has 0 unspecified atom stereocenters. The first kappa shape index (κ1) is 45.4. The van der Waals surface area contributed by atoms with E-state index < -0.39 is 71.9 Å². The summed E-state index contributed by atoms with van der Waals surface area (Å²) in [5.41, 5.74) is 7.99. The van der Waals surface area contributed by atoms with E-state index in [9.17, 15) is 28.8 Å². The van der Waals surface area contributed by atoms with Crippen molar-refractivity contribution in [1.29, 1.82) is 0 Å². The van der Waals surface area contributed by atoms with Crippen molar-refractivity contribution < 1.29 is 38.2 Å². The predicted molar refractivity (Wildman–Crippen MR) is 233 cm³/mol. The molecule has 0 saturated heterocycles. The number of likely N-dealkylation sites (N-methyl/N-ethyl adjacent to an activating group) is 1. The number of aromatic nitrogens is 1. The minimum absolute atomic E-state index is 0.0455. The molecule has 61 heavy (non-hydrogen) atoms. The van der Waals surface area contributed by atoms with Crippen LogP contribution in [-0.2, 0) is 52.9 Å². The Morgan fingerprint density at radius 1 is 0.754 bits per heavy atom. The molecule has 14 nitrogen and oxygen atoms in total. The maximum atomic E-state index is 14.5. The van der Waals surface area contributed by atoms with Gasteiger partial charge in [-0.05, 0) is 60.7 Å². The highest BCUT2D eigenvalue weighted by Gasteiger charge is 2.36. The fraction of sp³-hybridized carbons (Fsp3) is 0.362. The minimum Gasteiger partial charge on any atom is -0.461 e. The van der Waals surface area contributed by atoms with Crippen molar-refractivity contribution in [3.05, 3.63) is 120 Å². The molecule has 0 fully saturated rings. The molecule has 5 rings (SSSR count). The molecule has 14 heteroatoms. The van der Waals surface area contributed by atoms with Crippen molar-refractivity contribution in [2.45, 2.75) is 103 Å². The molecule has 0 aliphatic rings. The highest BCUT2D eigenvalue weighted by atomic mass is 16.6. The lowest BCUT2D eigenvalue weighted by Crippen LogP contribution is -2.59. The van der Waals surface area contributed by atoms with Gasteiger partial charge in [0.25, 0.3) is 0 Å². The van der Waals surface area contributed by atoms with E-state index >= 15 is 0 Å². The van der Waals surface area contributed by atoms with E-state index in [-0.39, 0.29) is 25.9 Å². The molecule has 0 spiro atoms. The van der Waals surface area contributed by atoms with E-state index in [0.717, 1.165) is 32.8 Å². The number of aromatic amines is 1. The van der Waals surface area contributed by atoms with Crippen molar-refractivity contribution in [2.24, 2.45) is 5.73 Å². The van der Waals surface area contributed by atoms with Crippen molar-refractivity contribution in [3.63, 3.8) is 0 Å². The summed E-state index contributed by atoms with van der Waals surface area (Å²) >= 11 is 0. The second-order valence-corrected chi connectivity index (χ2v) is 16.1. The molecular weight excluding hydrogens is 777 g/mol. The number of fused-ring (bicyclic) bond motifs is 2. The molecule has 5 aromatic rings. The van der Waals surface area contributed by atoms with Crippen LogP contribution in [0.3, 0.4) is 0 Å². The van der Waals surface area contributed by atoms with Gasteiger partial charge >= 0.3 is 12.1 Å². The van der Waals surface area contributed by atoms with Gasteiger partial charge in [0.05, 0.1) is 6.42 Å². The first-order chi connectivity index (χ1) is 29.1. The lowest BCUT2D eigenvalue weighted by molar-refractivity contribution is -0.148. The van der Waals surface area contributed by atoms with Crippen LogP contribution in [0.1, 0.15) is 70.1 Å². The zero-order chi connectivity index (χ0) is 44.1. The van der Waals surface area contributed by atoms with E-state index in [1.165, 1.54) is 11.9 Å². The van der Waals surface area contributed by atoms with Gasteiger partial charge in [0.2, 0.25) is 23.6 Å². The van der Waals surface area contributed by atoms with Gasteiger partial charge in [-0.2, -0.15) is 0 Å². The van der Waals surface area contributed by atoms with Crippen LogP contribution in [0.5, 0.6) is 0 Å². The number of para-hydroxylation sites is 1. The van der Waals surface area contributed by atoms with Gasteiger partial charge in [0.15, 0.2) is 0 Å². The lowest BCUT2D eigenvalue weighted by Gasteiger charge is -2.32. The van der Waals surface area contributed by atoms with Gasteiger partial charge in [0, 0.05) is 37.0 Å². The number of ether oxygens (including phenoxy) is 2. The largest absolute Gasteiger partial charge is 0.461 e. The van der Waals surface area contributed by atoms with Crippen LogP contribution >= 0.6 is 0 Å². The van der Waals surface area contributed by atoms with Crippen LogP contribution in [0.25, 0.3) is 21.7 Å². The number of carbonyl (C=O) groups excluding carboxylic acids is 6. The summed E-state index contributed by atoms with van der Waals surface area (Å²) < 4.78 is 11.0. The molecule has 322 valence electrons. The summed E-state index contributed by atoms with van der Waals surface area (Å²) in [6.07, 6.45) is 1.86. The van der Waals surface area contributed by atoms with E-state index in [4.69, 9.17) is 15.2 Å². The summed E-state index contributed by atoms with van der Waals surface area (Å²) in [6, 6.07) is 24.8. The Balaban J connectivity index is 1.39. The Labute approximate surface area is 355 Å². The third-order valence-electron chi connectivity index (χ3n) is 10.2. The van der Waals surface area contributed by atoms with Crippen LogP contribution in [-0.4, -0.2) is 82.4 Å². The van der Waals surface area contributed by atoms with Gasteiger partial charge < -0.3 is 41.0 Å². The molecule has 0 aliphatic carbocycles. The molecule has 6 N–H and O–H groups in total. The average Bonchev–Trinajstić information content (AvgIpc) is 3.64. The van der Waals surface area contributed by atoms with Crippen molar-refractivity contribution in [1.82, 2.24) is 25.8 Å². The normalized spacial score (nSPS) is 13.3. The summed E-state index contributed by atoms with van der Waals surface area (Å²) in [4.78, 5) is 86.6. The lowest BCUT2D eigenvalue weighted by atomic mass is 10.0. The number of primary amides is 1. The Hall–Kier alpha value is -6.70. The number of alkyl carbamates (subject to hydrolysis) is 1. The first-order valence-corrected chi connectivity index (χ1v) is 20.5. The molecular formula is C47H56N6O8. The highest BCUT2D eigenvalue weighted by Crippen LogP contribution is 2.22. The summed E-state index contributed by atoms with van der Waals surface area (Å²) in [6.45, 7) is 6.98. The van der Waals surface area contributed by atoms with Crippen molar-refractivity contribution in [3.8, 4) is 0 Å². The minimum atomic E-state index is -1.52.